The lowest BCUT2D eigenvalue weighted by atomic mass is 9.95. The predicted molar refractivity (Wildman–Crippen MR) is 175 cm³/mol. The van der Waals surface area contributed by atoms with Gasteiger partial charge in [-0.05, 0) is 68.1 Å². The van der Waals surface area contributed by atoms with Gasteiger partial charge in [0.25, 0.3) is 10.0 Å². The number of benzene rings is 3. The van der Waals surface area contributed by atoms with Crippen LogP contribution < -0.4 is 14.4 Å². The van der Waals surface area contributed by atoms with Crippen LogP contribution in [-0.2, 0) is 26.2 Å². The van der Waals surface area contributed by atoms with Crippen molar-refractivity contribution in [3.05, 3.63) is 87.9 Å². The highest BCUT2D eigenvalue weighted by Gasteiger charge is 2.35. The maximum Gasteiger partial charge on any atom is 0.264 e. The molecule has 0 spiro atoms. The Bertz CT molecular complexity index is 1540. The first-order valence-electron chi connectivity index (χ1n) is 14.8. The Morgan fingerprint density at radius 3 is 2.25 bits per heavy atom. The molecule has 2 amide bonds. The van der Waals surface area contributed by atoms with E-state index < -0.39 is 28.5 Å². The maximum absolute atomic E-state index is 14.3. The Kier molecular flexibility index (Phi) is 11.6. The first-order chi connectivity index (χ1) is 21.0. The highest BCUT2D eigenvalue weighted by Crippen LogP contribution is 2.36. The van der Waals surface area contributed by atoms with Crippen LogP contribution in [0.4, 0.5) is 5.69 Å². The van der Waals surface area contributed by atoms with Gasteiger partial charge in [-0.3, -0.25) is 13.9 Å². The van der Waals surface area contributed by atoms with Gasteiger partial charge in [-0.1, -0.05) is 85.3 Å². The number of methoxy groups -OCH3 is 1. The van der Waals surface area contributed by atoms with Crippen molar-refractivity contribution in [2.45, 2.75) is 75.9 Å². The number of sulfonamides is 1. The number of amides is 2. The second-order valence-corrected chi connectivity index (χ2v) is 13.7. The van der Waals surface area contributed by atoms with Crippen molar-refractivity contribution in [3.63, 3.8) is 0 Å². The summed E-state index contributed by atoms with van der Waals surface area (Å²) in [5, 5.41) is 3.30. The van der Waals surface area contributed by atoms with Crippen molar-refractivity contribution < 1.29 is 22.7 Å². The quantitative estimate of drug-likeness (QED) is 0.232. The van der Waals surface area contributed by atoms with Crippen LogP contribution in [0.3, 0.4) is 0 Å². The molecule has 0 aromatic heterocycles. The molecule has 0 radical (unpaired) electrons. The van der Waals surface area contributed by atoms with Gasteiger partial charge >= 0.3 is 0 Å². The summed E-state index contributed by atoms with van der Waals surface area (Å²) in [6.07, 6.45) is 5.35. The molecule has 1 N–H and O–H groups in total. The van der Waals surface area contributed by atoms with Crippen LogP contribution in [0.5, 0.6) is 5.75 Å². The van der Waals surface area contributed by atoms with E-state index in [1.807, 2.05) is 26.0 Å². The minimum atomic E-state index is -4.27. The van der Waals surface area contributed by atoms with Gasteiger partial charge in [-0.15, -0.1) is 0 Å². The second-order valence-electron chi connectivity index (χ2n) is 11.0. The molecule has 1 saturated carbocycles. The molecule has 0 saturated heterocycles. The molecule has 0 bridgehead atoms. The van der Waals surface area contributed by atoms with Gasteiger partial charge < -0.3 is 15.0 Å². The molecule has 3 aromatic rings. The molecule has 1 atom stereocenters. The number of nitrogens with zero attached hydrogens (tertiary/aromatic N) is 2. The molecule has 0 unspecified atom stereocenters. The van der Waals surface area contributed by atoms with Gasteiger partial charge in [0.2, 0.25) is 11.8 Å². The summed E-state index contributed by atoms with van der Waals surface area (Å²) in [6.45, 7) is 3.18. The van der Waals surface area contributed by atoms with Crippen molar-refractivity contribution in [3.8, 4) is 5.75 Å². The summed E-state index contributed by atoms with van der Waals surface area (Å²) >= 11 is 12.8. The van der Waals surface area contributed by atoms with Crippen LogP contribution in [0.1, 0.15) is 56.6 Å². The van der Waals surface area contributed by atoms with E-state index in [-0.39, 0.29) is 39.1 Å². The molecule has 1 fully saturated rings. The number of halogens is 2. The molecule has 236 valence electrons. The van der Waals surface area contributed by atoms with Crippen LogP contribution in [-0.4, -0.2) is 50.9 Å². The zero-order valence-electron chi connectivity index (χ0n) is 25.3. The zero-order valence-corrected chi connectivity index (χ0v) is 27.6. The highest BCUT2D eigenvalue weighted by molar-refractivity contribution is 7.92. The lowest BCUT2D eigenvalue weighted by molar-refractivity contribution is -0.140. The largest absolute Gasteiger partial charge is 0.497 e. The molecule has 3 aromatic carbocycles. The molecule has 8 nitrogen and oxygen atoms in total. The number of anilines is 1. The first-order valence-corrected chi connectivity index (χ1v) is 17.0. The van der Waals surface area contributed by atoms with Crippen molar-refractivity contribution in [2.24, 2.45) is 0 Å². The van der Waals surface area contributed by atoms with E-state index in [0.29, 0.717) is 12.2 Å². The van der Waals surface area contributed by atoms with Gasteiger partial charge in [-0.2, -0.15) is 0 Å². The maximum atomic E-state index is 14.3. The fourth-order valence-corrected chi connectivity index (χ4v) is 7.30. The van der Waals surface area contributed by atoms with Crippen LogP contribution in [0.15, 0.2) is 71.6 Å². The fraction of sp³-hybridized carbons (Fsp3) is 0.394. The number of carbonyl (C=O) groups is 2. The van der Waals surface area contributed by atoms with Crippen molar-refractivity contribution >= 4 is 50.7 Å². The van der Waals surface area contributed by atoms with E-state index in [4.69, 9.17) is 27.9 Å². The van der Waals surface area contributed by atoms with Gasteiger partial charge in [0, 0.05) is 12.6 Å². The fourth-order valence-electron chi connectivity index (χ4n) is 5.43. The van der Waals surface area contributed by atoms with E-state index in [1.165, 1.54) is 23.1 Å². The Hall–Kier alpha value is -3.27. The molecule has 1 aliphatic carbocycles. The second kappa shape index (κ2) is 15.1. The molecule has 4 rings (SSSR count). The normalized spacial score (nSPS) is 14.5. The number of hydrogen-bond donors (Lipinski definition) is 1. The van der Waals surface area contributed by atoms with Gasteiger partial charge in [0.05, 0.1) is 27.7 Å². The number of aryl methyl sites for hydroxylation is 1. The Morgan fingerprint density at radius 1 is 0.977 bits per heavy atom. The zero-order chi connectivity index (χ0) is 31.9. The van der Waals surface area contributed by atoms with Crippen LogP contribution in [0.2, 0.25) is 10.0 Å². The van der Waals surface area contributed by atoms with E-state index >= 15 is 0 Å². The average molecular weight is 661 g/mol. The van der Waals surface area contributed by atoms with Crippen LogP contribution in [0.25, 0.3) is 0 Å². The summed E-state index contributed by atoms with van der Waals surface area (Å²) in [5.74, 6) is -0.159. The van der Waals surface area contributed by atoms with Gasteiger partial charge in [0.1, 0.15) is 18.3 Å². The van der Waals surface area contributed by atoms with Gasteiger partial charge in [0.15, 0.2) is 0 Å². The van der Waals surface area contributed by atoms with Crippen molar-refractivity contribution in [1.82, 2.24) is 10.2 Å². The molecule has 0 aliphatic heterocycles. The number of rotatable bonds is 12. The minimum absolute atomic E-state index is 0.00133. The Labute approximate surface area is 270 Å². The summed E-state index contributed by atoms with van der Waals surface area (Å²) in [5.41, 5.74) is 1.71. The number of ether oxygens (including phenoxy) is 1. The van der Waals surface area contributed by atoms with Crippen LogP contribution in [0, 0.1) is 6.92 Å². The lowest BCUT2D eigenvalue weighted by Crippen LogP contribution is -2.54. The molecule has 44 heavy (non-hydrogen) atoms. The number of carbonyl (C=O) groups excluding carboxylic acids is 2. The van der Waals surface area contributed by atoms with Crippen LogP contribution >= 0.6 is 23.2 Å². The smallest absolute Gasteiger partial charge is 0.264 e. The summed E-state index contributed by atoms with van der Waals surface area (Å²) in [4.78, 5) is 29.5. The monoisotopic (exact) mass is 659 g/mol. The lowest BCUT2D eigenvalue weighted by Gasteiger charge is -2.34. The summed E-state index contributed by atoms with van der Waals surface area (Å²) < 4.78 is 34.4. The molecule has 1 aliphatic rings. The first kappa shape index (κ1) is 33.6. The molecular formula is C33H39Cl2N3O5S. The minimum Gasteiger partial charge on any atom is -0.497 e. The molecule has 11 heteroatoms. The van der Waals surface area contributed by atoms with E-state index in [1.54, 1.807) is 43.5 Å². The third kappa shape index (κ3) is 8.06. The average Bonchev–Trinajstić information content (AvgIpc) is 3.02. The Balaban J connectivity index is 1.73. The van der Waals surface area contributed by atoms with E-state index in [0.717, 1.165) is 47.5 Å². The van der Waals surface area contributed by atoms with E-state index in [2.05, 4.69) is 5.32 Å². The Morgan fingerprint density at radius 2 is 1.64 bits per heavy atom. The van der Waals surface area contributed by atoms with Gasteiger partial charge in [-0.25, -0.2) is 8.42 Å². The third-order valence-electron chi connectivity index (χ3n) is 7.94. The molecular weight excluding hydrogens is 621 g/mol. The third-order valence-corrected chi connectivity index (χ3v) is 10.5. The van der Waals surface area contributed by atoms with Crippen molar-refractivity contribution in [2.75, 3.05) is 18.0 Å². The van der Waals surface area contributed by atoms with E-state index in [9.17, 15) is 18.0 Å². The standard InChI is InChI=1S/C33H39Cl2N3O5S/c1-4-29(33(40)36-25-9-6-5-7-10-25)37(21-24-15-17-26(43-3)18-16-24)31(39)22-38(30-12-8-11-28(34)32(30)35)44(41,42)27-19-13-23(2)14-20-27/h8,11-20,25,29H,4-7,9-10,21-22H2,1-3H3,(H,36,40)/t29-/m0/s1. The number of hydrogen-bond acceptors (Lipinski definition) is 5. The number of nitrogens with one attached hydrogen (secondary N) is 1. The predicted octanol–water partition coefficient (Wildman–Crippen LogP) is 6.76. The molecule has 0 heterocycles. The topological polar surface area (TPSA) is 96.0 Å². The SMILES string of the molecule is CC[C@@H](C(=O)NC1CCCCC1)N(Cc1ccc(OC)cc1)C(=O)CN(c1cccc(Cl)c1Cl)S(=O)(=O)c1ccc(C)cc1. The summed E-state index contributed by atoms with van der Waals surface area (Å²) in [6, 6.07) is 17.4. The highest BCUT2D eigenvalue weighted by atomic mass is 35.5. The van der Waals surface area contributed by atoms with Crippen molar-refractivity contribution in [1.29, 1.82) is 0 Å². The summed E-state index contributed by atoms with van der Waals surface area (Å²) in [7, 11) is -2.70.